The Morgan fingerprint density at radius 3 is 2.75 bits per heavy atom. The number of carbonyl (C=O) groups is 2. The van der Waals surface area contributed by atoms with Crippen LogP contribution in [0.3, 0.4) is 0 Å². The van der Waals surface area contributed by atoms with Crippen LogP contribution in [0.5, 0.6) is 0 Å². The van der Waals surface area contributed by atoms with Gasteiger partial charge in [-0.3, -0.25) is 9.59 Å². The van der Waals surface area contributed by atoms with Crippen LogP contribution in [0.2, 0.25) is 0 Å². The van der Waals surface area contributed by atoms with E-state index in [0.29, 0.717) is 25.6 Å². The lowest BCUT2D eigenvalue weighted by atomic mass is 9.91. The van der Waals surface area contributed by atoms with Crippen molar-refractivity contribution in [3.8, 4) is 0 Å². The molecule has 2 amide bonds. The first kappa shape index (κ1) is 21.0. The molecule has 0 saturated carbocycles. The standard InChI is InChI=1S/C19H26BrN5O2S/c1-4-12(2)18(21-13(3)26)19(27)24-8-14(9-24)7-15-10-25(23-22-15)11-16-5-6-17(20)28-16/h5-6,10,12,14,18H,4,7-9,11H2,1-3H3,(H,21,26)/t12-,18-/m0/s1. The molecule has 3 rings (SSSR count). The van der Waals surface area contributed by atoms with Gasteiger partial charge in [0, 0.05) is 31.1 Å². The Labute approximate surface area is 177 Å². The van der Waals surface area contributed by atoms with Gasteiger partial charge in [0.2, 0.25) is 11.8 Å². The third-order valence-corrected chi connectivity index (χ3v) is 6.75. The maximum absolute atomic E-state index is 12.7. The van der Waals surface area contributed by atoms with Gasteiger partial charge in [0.25, 0.3) is 0 Å². The van der Waals surface area contributed by atoms with Crippen LogP contribution in [0.1, 0.15) is 37.8 Å². The van der Waals surface area contributed by atoms with Crippen LogP contribution in [-0.4, -0.2) is 50.8 Å². The van der Waals surface area contributed by atoms with Crippen molar-refractivity contribution in [3.63, 3.8) is 0 Å². The van der Waals surface area contributed by atoms with Crippen LogP contribution in [0, 0.1) is 11.8 Å². The van der Waals surface area contributed by atoms with Gasteiger partial charge in [0.15, 0.2) is 0 Å². The number of aromatic nitrogens is 3. The Balaban J connectivity index is 1.49. The fourth-order valence-corrected chi connectivity index (χ4v) is 4.85. The van der Waals surface area contributed by atoms with Crippen LogP contribution < -0.4 is 5.32 Å². The molecule has 28 heavy (non-hydrogen) atoms. The summed E-state index contributed by atoms with van der Waals surface area (Å²) in [5.41, 5.74) is 0.952. The van der Waals surface area contributed by atoms with Gasteiger partial charge in [-0.05, 0) is 46.3 Å². The zero-order chi connectivity index (χ0) is 20.3. The summed E-state index contributed by atoms with van der Waals surface area (Å²) in [7, 11) is 0. The number of rotatable bonds is 8. The topological polar surface area (TPSA) is 80.1 Å². The molecule has 9 heteroatoms. The minimum absolute atomic E-state index is 0.0210. The Morgan fingerprint density at radius 1 is 1.39 bits per heavy atom. The summed E-state index contributed by atoms with van der Waals surface area (Å²) in [6.45, 7) is 7.61. The summed E-state index contributed by atoms with van der Waals surface area (Å²) in [5, 5.41) is 11.3. The Hall–Kier alpha value is -1.74. The molecule has 2 aromatic rings. The number of halogens is 1. The zero-order valence-corrected chi connectivity index (χ0v) is 18.8. The maximum Gasteiger partial charge on any atom is 0.245 e. The Kier molecular flexibility index (Phi) is 6.87. The van der Waals surface area contributed by atoms with E-state index in [2.05, 4.69) is 37.6 Å². The SMILES string of the molecule is CC[C@H](C)[C@H](NC(C)=O)C(=O)N1CC(Cc2cn(Cc3ccc(Br)s3)nn2)C1. The number of hydrogen-bond donors (Lipinski definition) is 1. The number of likely N-dealkylation sites (tertiary alicyclic amines) is 1. The minimum Gasteiger partial charge on any atom is -0.344 e. The van der Waals surface area contributed by atoms with Gasteiger partial charge in [-0.25, -0.2) is 4.68 Å². The van der Waals surface area contributed by atoms with Crippen molar-refractivity contribution in [2.45, 2.75) is 46.2 Å². The lowest BCUT2D eigenvalue weighted by molar-refractivity contribution is -0.143. The van der Waals surface area contributed by atoms with Crippen molar-refractivity contribution in [1.29, 1.82) is 0 Å². The van der Waals surface area contributed by atoms with Crippen molar-refractivity contribution in [2.75, 3.05) is 13.1 Å². The highest BCUT2D eigenvalue weighted by Gasteiger charge is 2.36. The van der Waals surface area contributed by atoms with Gasteiger partial charge in [-0.1, -0.05) is 25.5 Å². The lowest BCUT2D eigenvalue weighted by Gasteiger charge is -2.41. The second kappa shape index (κ2) is 9.17. The molecule has 1 N–H and O–H groups in total. The molecular formula is C19H26BrN5O2S. The normalized spacial score (nSPS) is 16.5. The Bertz CT molecular complexity index is 830. The van der Waals surface area contributed by atoms with E-state index in [0.717, 1.165) is 22.3 Å². The summed E-state index contributed by atoms with van der Waals surface area (Å²) < 4.78 is 2.96. The molecule has 3 heterocycles. The van der Waals surface area contributed by atoms with E-state index >= 15 is 0 Å². The van der Waals surface area contributed by atoms with Crippen LogP contribution >= 0.6 is 27.3 Å². The molecule has 2 atom stereocenters. The molecule has 2 aromatic heterocycles. The molecule has 0 spiro atoms. The molecule has 0 radical (unpaired) electrons. The molecule has 1 saturated heterocycles. The average Bonchev–Trinajstić information content (AvgIpc) is 3.23. The van der Waals surface area contributed by atoms with Gasteiger partial charge in [0.05, 0.1) is 16.0 Å². The van der Waals surface area contributed by atoms with Crippen LogP contribution in [-0.2, 0) is 22.6 Å². The number of carbonyl (C=O) groups excluding carboxylic acids is 2. The van der Waals surface area contributed by atoms with Gasteiger partial charge in [-0.15, -0.1) is 16.4 Å². The van der Waals surface area contributed by atoms with Crippen LogP contribution in [0.25, 0.3) is 0 Å². The minimum atomic E-state index is -0.436. The maximum atomic E-state index is 12.7. The summed E-state index contributed by atoms with van der Waals surface area (Å²) in [6.07, 6.45) is 3.64. The van der Waals surface area contributed by atoms with E-state index in [1.54, 1.807) is 11.3 Å². The zero-order valence-electron chi connectivity index (χ0n) is 16.4. The average molecular weight is 468 g/mol. The predicted molar refractivity (Wildman–Crippen MR) is 112 cm³/mol. The molecule has 0 aromatic carbocycles. The molecule has 0 unspecified atom stereocenters. The van der Waals surface area contributed by atoms with Crippen LogP contribution in [0.15, 0.2) is 22.1 Å². The third-order valence-electron chi connectivity index (χ3n) is 5.14. The van der Waals surface area contributed by atoms with Crippen molar-refractivity contribution < 1.29 is 9.59 Å². The number of hydrogen-bond acceptors (Lipinski definition) is 5. The van der Waals surface area contributed by atoms with Crippen molar-refractivity contribution in [3.05, 3.63) is 32.7 Å². The third kappa shape index (κ3) is 5.20. The first-order chi connectivity index (χ1) is 13.4. The molecule has 0 aliphatic carbocycles. The quantitative estimate of drug-likeness (QED) is 0.646. The summed E-state index contributed by atoms with van der Waals surface area (Å²) in [6, 6.07) is 3.68. The van der Waals surface area contributed by atoms with E-state index in [-0.39, 0.29) is 17.7 Å². The number of amides is 2. The second-order valence-electron chi connectivity index (χ2n) is 7.49. The van der Waals surface area contributed by atoms with Gasteiger partial charge in [-0.2, -0.15) is 0 Å². The van der Waals surface area contributed by atoms with E-state index < -0.39 is 6.04 Å². The van der Waals surface area contributed by atoms with E-state index in [1.165, 1.54) is 11.8 Å². The summed E-state index contributed by atoms with van der Waals surface area (Å²) in [5.74, 6) is 0.366. The first-order valence-electron chi connectivity index (χ1n) is 9.54. The van der Waals surface area contributed by atoms with E-state index in [1.807, 2.05) is 35.7 Å². The lowest BCUT2D eigenvalue weighted by Crippen LogP contribution is -2.58. The largest absolute Gasteiger partial charge is 0.344 e. The molecule has 0 bridgehead atoms. The number of nitrogens with zero attached hydrogens (tertiary/aromatic N) is 4. The highest BCUT2D eigenvalue weighted by molar-refractivity contribution is 9.11. The molecule has 7 nitrogen and oxygen atoms in total. The fraction of sp³-hybridized carbons (Fsp3) is 0.579. The van der Waals surface area contributed by atoms with Gasteiger partial charge >= 0.3 is 0 Å². The Morgan fingerprint density at radius 2 is 2.14 bits per heavy atom. The van der Waals surface area contributed by atoms with Crippen molar-refractivity contribution >= 4 is 39.1 Å². The second-order valence-corrected chi connectivity index (χ2v) is 10.0. The molecule has 1 aliphatic rings. The van der Waals surface area contributed by atoms with Crippen LogP contribution in [0.4, 0.5) is 0 Å². The number of thiophene rings is 1. The highest BCUT2D eigenvalue weighted by atomic mass is 79.9. The molecule has 1 fully saturated rings. The monoisotopic (exact) mass is 467 g/mol. The molecule has 1 aliphatic heterocycles. The highest BCUT2D eigenvalue weighted by Crippen LogP contribution is 2.24. The van der Waals surface area contributed by atoms with Gasteiger partial charge < -0.3 is 10.2 Å². The first-order valence-corrected chi connectivity index (χ1v) is 11.2. The molecular weight excluding hydrogens is 442 g/mol. The van der Waals surface area contributed by atoms with Crippen molar-refractivity contribution in [2.24, 2.45) is 11.8 Å². The fourth-order valence-electron chi connectivity index (χ4n) is 3.38. The van der Waals surface area contributed by atoms with E-state index in [9.17, 15) is 9.59 Å². The summed E-state index contributed by atoms with van der Waals surface area (Å²) in [4.78, 5) is 27.3. The van der Waals surface area contributed by atoms with E-state index in [4.69, 9.17) is 0 Å². The predicted octanol–water partition coefficient (Wildman–Crippen LogP) is 2.70. The summed E-state index contributed by atoms with van der Waals surface area (Å²) >= 11 is 5.16. The molecule has 152 valence electrons. The number of nitrogens with one attached hydrogen (secondary N) is 1. The van der Waals surface area contributed by atoms with Gasteiger partial charge in [0.1, 0.15) is 6.04 Å². The smallest absolute Gasteiger partial charge is 0.245 e. The van der Waals surface area contributed by atoms with Crippen molar-refractivity contribution in [1.82, 2.24) is 25.2 Å².